The Hall–Kier alpha value is -2.14. The fourth-order valence-corrected chi connectivity index (χ4v) is 3.89. The molecule has 0 aliphatic carbocycles. The van der Waals surface area contributed by atoms with Gasteiger partial charge < -0.3 is 10.6 Å². The van der Waals surface area contributed by atoms with Crippen molar-refractivity contribution in [3.05, 3.63) is 29.8 Å². The van der Waals surface area contributed by atoms with E-state index in [1.807, 2.05) is 13.8 Å². The van der Waals surface area contributed by atoms with Gasteiger partial charge in [0, 0.05) is 5.92 Å². The summed E-state index contributed by atoms with van der Waals surface area (Å²) in [6, 6.07) is 4.77. The third kappa shape index (κ3) is 6.20. The van der Waals surface area contributed by atoms with E-state index < -0.39 is 17.6 Å². The third-order valence-electron chi connectivity index (χ3n) is 3.83. The van der Waals surface area contributed by atoms with Gasteiger partial charge in [0.15, 0.2) is 4.34 Å². The molecule has 0 aliphatic rings. The second-order valence-corrected chi connectivity index (χ2v) is 7.96. The molecule has 2 N–H and O–H groups in total. The van der Waals surface area contributed by atoms with E-state index in [1.54, 1.807) is 0 Å². The first-order valence-electron chi connectivity index (χ1n) is 8.47. The molecule has 1 aromatic carbocycles. The van der Waals surface area contributed by atoms with Crippen LogP contribution in [0.3, 0.4) is 0 Å². The fraction of sp³-hybridized carbons (Fsp3) is 0.412. The first kappa shape index (κ1) is 22.2. The molecule has 11 heteroatoms. The maximum Gasteiger partial charge on any atom is 0.418 e. The van der Waals surface area contributed by atoms with Gasteiger partial charge >= 0.3 is 6.18 Å². The number of benzene rings is 1. The molecule has 0 radical (unpaired) electrons. The average molecular weight is 432 g/mol. The largest absolute Gasteiger partial charge is 0.418 e. The molecular formula is C17H19F3N4O2S2. The number of rotatable bonds is 8. The molecule has 28 heavy (non-hydrogen) atoms. The second-order valence-electron chi connectivity index (χ2n) is 5.76. The molecule has 152 valence electrons. The quantitative estimate of drug-likeness (QED) is 0.468. The van der Waals surface area contributed by atoms with Crippen LogP contribution in [0.5, 0.6) is 0 Å². The van der Waals surface area contributed by atoms with Crippen LogP contribution in [-0.2, 0) is 15.8 Å². The van der Waals surface area contributed by atoms with Gasteiger partial charge in [-0.2, -0.15) is 13.2 Å². The van der Waals surface area contributed by atoms with E-state index in [0.29, 0.717) is 22.3 Å². The van der Waals surface area contributed by atoms with E-state index >= 15 is 0 Å². The van der Waals surface area contributed by atoms with Gasteiger partial charge in [0.2, 0.25) is 16.9 Å². The van der Waals surface area contributed by atoms with Crippen molar-refractivity contribution in [3.8, 4) is 0 Å². The summed E-state index contributed by atoms with van der Waals surface area (Å²) in [7, 11) is 0. The van der Waals surface area contributed by atoms with Gasteiger partial charge in [0.25, 0.3) is 0 Å². The predicted octanol–water partition coefficient (Wildman–Crippen LogP) is 4.66. The number of hydrogen-bond acceptors (Lipinski definition) is 6. The van der Waals surface area contributed by atoms with Crippen molar-refractivity contribution in [3.63, 3.8) is 0 Å². The highest BCUT2D eigenvalue weighted by Crippen LogP contribution is 2.34. The number of carbonyl (C=O) groups is 2. The van der Waals surface area contributed by atoms with Crippen LogP contribution in [-0.4, -0.2) is 27.8 Å². The Balaban J connectivity index is 1.91. The summed E-state index contributed by atoms with van der Waals surface area (Å²) in [6.07, 6.45) is -3.14. The van der Waals surface area contributed by atoms with Crippen LogP contribution < -0.4 is 10.6 Å². The number of hydrogen-bond donors (Lipinski definition) is 2. The monoisotopic (exact) mass is 432 g/mol. The zero-order valence-electron chi connectivity index (χ0n) is 15.2. The van der Waals surface area contributed by atoms with Gasteiger partial charge in [-0.25, -0.2) is 0 Å². The van der Waals surface area contributed by atoms with Crippen LogP contribution >= 0.6 is 23.1 Å². The van der Waals surface area contributed by atoms with Crippen molar-refractivity contribution in [2.45, 2.75) is 37.2 Å². The highest BCUT2D eigenvalue weighted by Gasteiger charge is 2.33. The van der Waals surface area contributed by atoms with Gasteiger partial charge in [-0.1, -0.05) is 49.1 Å². The van der Waals surface area contributed by atoms with Crippen LogP contribution in [0.1, 0.15) is 32.3 Å². The van der Waals surface area contributed by atoms with Crippen molar-refractivity contribution in [1.82, 2.24) is 10.2 Å². The molecule has 0 fully saturated rings. The van der Waals surface area contributed by atoms with Gasteiger partial charge in [-0.15, -0.1) is 10.2 Å². The number of aromatic nitrogens is 2. The van der Waals surface area contributed by atoms with E-state index in [-0.39, 0.29) is 23.3 Å². The van der Waals surface area contributed by atoms with E-state index in [0.717, 1.165) is 29.2 Å². The molecule has 1 heterocycles. The molecule has 0 spiro atoms. The first-order valence-corrected chi connectivity index (χ1v) is 10.3. The molecule has 0 unspecified atom stereocenters. The molecule has 2 rings (SSSR count). The second kappa shape index (κ2) is 9.87. The lowest BCUT2D eigenvalue weighted by Gasteiger charge is -2.13. The molecule has 0 saturated carbocycles. The summed E-state index contributed by atoms with van der Waals surface area (Å²) in [5.41, 5.74) is -1.20. The lowest BCUT2D eigenvalue weighted by Crippen LogP contribution is -2.21. The Kier molecular flexibility index (Phi) is 7.81. The first-order chi connectivity index (χ1) is 13.2. The van der Waals surface area contributed by atoms with Gasteiger partial charge in [0.1, 0.15) is 0 Å². The summed E-state index contributed by atoms with van der Waals surface area (Å²) in [5.74, 6) is -0.986. The number of carbonyl (C=O) groups excluding carboxylic acids is 2. The number of alkyl halides is 3. The number of halogens is 3. The van der Waals surface area contributed by atoms with Crippen LogP contribution in [0.25, 0.3) is 0 Å². The molecule has 2 amide bonds. The predicted molar refractivity (Wildman–Crippen MR) is 103 cm³/mol. The summed E-state index contributed by atoms with van der Waals surface area (Å²) in [6.45, 7) is 3.84. The van der Waals surface area contributed by atoms with E-state index in [1.165, 1.54) is 18.2 Å². The minimum Gasteiger partial charge on any atom is -0.325 e. The number of thioether (sulfide) groups is 1. The number of anilines is 2. The lowest BCUT2D eigenvalue weighted by atomic mass is 10.0. The smallest absolute Gasteiger partial charge is 0.325 e. The van der Waals surface area contributed by atoms with Crippen molar-refractivity contribution in [1.29, 1.82) is 0 Å². The maximum absolute atomic E-state index is 13.0. The van der Waals surface area contributed by atoms with E-state index in [9.17, 15) is 22.8 Å². The molecule has 2 aromatic rings. The zero-order chi connectivity index (χ0) is 20.7. The molecule has 0 bridgehead atoms. The Morgan fingerprint density at radius 3 is 2.46 bits per heavy atom. The maximum atomic E-state index is 13.0. The summed E-state index contributed by atoms with van der Waals surface area (Å²) in [4.78, 5) is 24.0. The molecule has 0 atom stereocenters. The van der Waals surface area contributed by atoms with Crippen molar-refractivity contribution < 1.29 is 22.8 Å². The highest BCUT2D eigenvalue weighted by atomic mass is 32.2. The number of nitrogens with zero attached hydrogens (tertiary/aromatic N) is 2. The van der Waals surface area contributed by atoms with Crippen molar-refractivity contribution in [2.24, 2.45) is 5.92 Å². The summed E-state index contributed by atoms with van der Waals surface area (Å²) in [5, 5.41) is 13.0. The Morgan fingerprint density at radius 2 is 1.82 bits per heavy atom. The Morgan fingerprint density at radius 1 is 1.14 bits per heavy atom. The highest BCUT2D eigenvalue weighted by molar-refractivity contribution is 8.01. The topological polar surface area (TPSA) is 84.0 Å². The van der Waals surface area contributed by atoms with Crippen LogP contribution in [0.15, 0.2) is 28.6 Å². The summed E-state index contributed by atoms with van der Waals surface area (Å²) >= 11 is 2.13. The summed E-state index contributed by atoms with van der Waals surface area (Å²) < 4.78 is 39.3. The molecule has 6 nitrogen and oxygen atoms in total. The average Bonchev–Trinajstić information content (AvgIpc) is 3.08. The van der Waals surface area contributed by atoms with Gasteiger partial charge in [-0.3, -0.25) is 9.59 Å². The SMILES string of the molecule is CCC(CC)C(=O)Nc1nnc(SCC(=O)Nc2ccccc2C(F)(F)F)s1. The molecular weight excluding hydrogens is 413 g/mol. The number of amides is 2. The van der Waals surface area contributed by atoms with E-state index in [2.05, 4.69) is 20.8 Å². The number of para-hydroxylation sites is 1. The zero-order valence-corrected chi connectivity index (χ0v) is 16.8. The lowest BCUT2D eigenvalue weighted by molar-refractivity contribution is -0.137. The molecule has 0 aliphatic heterocycles. The van der Waals surface area contributed by atoms with Gasteiger partial charge in [-0.05, 0) is 25.0 Å². The minimum atomic E-state index is -4.56. The molecule has 1 aromatic heterocycles. The minimum absolute atomic E-state index is 0.112. The third-order valence-corrected chi connectivity index (χ3v) is 5.80. The molecule has 0 saturated heterocycles. The standard InChI is InChI=1S/C17H19F3N4O2S2/c1-3-10(4-2)14(26)22-15-23-24-16(28-15)27-9-13(25)21-12-8-6-5-7-11(12)17(18,19)20/h5-8,10H,3-4,9H2,1-2H3,(H,21,25)(H,22,23,26). The van der Waals surface area contributed by atoms with Crippen LogP contribution in [0.2, 0.25) is 0 Å². The fourth-order valence-electron chi connectivity index (χ4n) is 2.34. The Bertz CT molecular complexity index is 823. The Labute approximate surface area is 168 Å². The normalized spacial score (nSPS) is 11.5. The van der Waals surface area contributed by atoms with Crippen LogP contribution in [0.4, 0.5) is 24.0 Å². The van der Waals surface area contributed by atoms with Crippen molar-refractivity contribution >= 4 is 45.7 Å². The van der Waals surface area contributed by atoms with Crippen molar-refractivity contribution in [2.75, 3.05) is 16.4 Å². The van der Waals surface area contributed by atoms with E-state index in [4.69, 9.17) is 0 Å². The van der Waals surface area contributed by atoms with Gasteiger partial charge in [0.05, 0.1) is 17.0 Å². The van der Waals surface area contributed by atoms with Crippen LogP contribution in [0, 0.1) is 5.92 Å². The number of nitrogens with one attached hydrogen (secondary N) is 2.